The van der Waals surface area contributed by atoms with E-state index >= 15 is 0 Å². The van der Waals surface area contributed by atoms with Gasteiger partial charge in [0.25, 0.3) is 0 Å². The Bertz CT molecular complexity index is 301. The minimum absolute atomic E-state index is 0.166. The molecule has 0 saturated carbocycles. The number of thiazole rings is 1. The Morgan fingerprint density at radius 1 is 1.62 bits per heavy atom. The molecule has 0 spiro atoms. The summed E-state index contributed by atoms with van der Waals surface area (Å²) in [5.41, 5.74) is 2.70. The zero-order valence-electron chi connectivity index (χ0n) is 7.74. The van der Waals surface area contributed by atoms with Crippen LogP contribution in [0.3, 0.4) is 0 Å². The molecule has 0 N–H and O–H groups in total. The van der Waals surface area contributed by atoms with E-state index in [1.165, 1.54) is 0 Å². The third-order valence-electron chi connectivity index (χ3n) is 1.05. The fraction of sp³-hybridized carbons (Fsp3) is 0.500. The topological polar surface area (TPSA) is 25.2 Å². The number of halogens is 1. The van der Waals surface area contributed by atoms with Crippen molar-refractivity contribution in [2.75, 3.05) is 0 Å². The number of hydrogen-bond donors (Lipinski definition) is 0. The van der Waals surface area contributed by atoms with Crippen molar-refractivity contribution >= 4 is 45.4 Å². The van der Waals surface area contributed by atoms with Gasteiger partial charge in [0.05, 0.1) is 15.5 Å². The highest BCUT2D eigenvalue weighted by Crippen LogP contribution is 2.25. The molecule has 1 aromatic rings. The van der Waals surface area contributed by atoms with Crippen LogP contribution in [0.4, 0.5) is 0 Å². The minimum Gasteiger partial charge on any atom is -0.242 e. The maximum Gasteiger partial charge on any atom is 0.107 e. The van der Waals surface area contributed by atoms with Gasteiger partial charge in [-0.3, -0.25) is 0 Å². The van der Waals surface area contributed by atoms with Crippen molar-refractivity contribution < 1.29 is 0 Å². The Labute approximate surface area is 95.1 Å². The molecular weight excluding hydrogens is 268 g/mol. The summed E-state index contributed by atoms with van der Waals surface area (Å²) in [6.45, 7) is 6.39. The average Bonchev–Trinajstić information content (AvgIpc) is 2.34. The predicted molar refractivity (Wildman–Crippen MR) is 64.8 cm³/mol. The largest absolute Gasteiger partial charge is 0.242 e. The Balaban J connectivity index is 2.55. The van der Waals surface area contributed by atoms with E-state index in [0.29, 0.717) is 0 Å². The van der Waals surface area contributed by atoms with Gasteiger partial charge in [0, 0.05) is 4.75 Å². The number of rotatable bonds is 2. The zero-order valence-corrected chi connectivity index (χ0v) is 11.0. The lowest BCUT2D eigenvalue weighted by Gasteiger charge is -2.11. The van der Waals surface area contributed by atoms with Gasteiger partial charge in [0.1, 0.15) is 5.69 Å². The van der Waals surface area contributed by atoms with Gasteiger partial charge in [0.2, 0.25) is 0 Å². The molecule has 0 saturated heterocycles. The molecule has 72 valence electrons. The number of nitrogens with zero attached hydrogens (tertiary/aromatic N) is 2. The molecule has 1 aromatic heterocycles. The molecule has 0 aliphatic carbocycles. The first-order valence-electron chi connectivity index (χ1n) is 3.79. The van der Waals surface area contributed by atoms with Crippen molar-refractivity contribution in [1.29, 1.82) is 0 Å². The van der Waals surface area contributed by atoms with Gasteiger partial charge in [-0.15, -0.1) is 11.3 Å². The van der Waals surface area contributed by atoms with Gasteiger partial charge in [-0.05, 0) is 48.6 Å². The van der Waals surface area contributed by atoms with Crippen LogP contribution < -0.4 is 0 Å². The normalized spacial score (nSPS) is 12.6. The SMILES string of the molecule is CC(C)(C)S/N=C/c1ncsc1Br. The highest BCUT2D eigenvalue weighted by Gasteiger charge is 2.09. The molecule has 5 heteroatoms. The van der Waals surface area contributed by atoms with E-state index in [0.717, 1.165) is 9.48 Å². The van der Waals surface area contributed by atoms with Crippen molar-refractivity contribution in [1.82, 2.24) is 4.98 Å². The van der Waals surface area contributed by atoms with Crippen LogP contribution in [0.5, 0.6) is 0 Å². The maximum absolute atomic E-state index is 4.25. The molecule has 0 radical (unpaired) electrons. The Morgan fingerprint density at radius 2 is 2.31 bits per heavy atom. The van der Waals surface area contributed by atoms with E-state index in [9.17, 15) is 0 Å². The van der Waals surface area contributed by atoms with Crippen LogP contribution in [0.2, 0.25) is 0 Å². The van der Waals surface area contributed by atoms with Crippen LogP contribution in [0.1, 0.15) is 26.5 Å². The van der Waals surface area contributed by atoms with Gasteiger partial charge in [-0.2, -0.15) is 0 Å². The summed E-state index contributed by atoms with van der Waals surface area (Å²) in [5, 5.41) is 0. The van der Waals surface area contributed by atoms with Crippen LogP contribution in [-0.2, 0) is 0 Å². The third-order valence-corrected chi connectivity index (χ3v) is 3.40. The van der Waals surface area contributed by atoms with Crippen molar-refractivity contribution in [2.24, 2.45) is 4.40 Å². The monoisotopic (exact) mass is 278 g/mol. The van der Waals surface area contributed by atoms with Crippen molar-refractivity contribution in [3.05, 3.63) is 15.0 Å². The fourth-order valence-electron chi connectivity index (χ4n) is 0.559. The van der Waals surface area contributed by atoms with Gasteiger partial charge in [-0.1, -0.05) is 0 Å². The second-order valence-corrected chi connectivity index (χ2v) is 7.24. The van der Waals surface area contributed by atoms with E-state index in [1.807, 2.05) is 0 Å². The van der Waals surface area contributed by atoms with Gasteiger partial charge < -0.3 is 0 Å². The van der Waals surface area contributed by atoms with Crippen LogP contribution in [0, 0.1) is 0 Å². The standard InChI is InChI=1S/C8H11BrN2S2/c1-8(2,3)13-11-4-6-7(9)12-5-10-6/h4-5H,1-3H3/b11-4+. The molecule has 0 aliphatic rings. The zero-order chi connectivity index (χ0) is 9.90. The second kappa shape index (κ2) is 4.57. The molecule has 0 amide bonds. The third kappa shape index (κ3) is 4.24. The molecule has 0 aromatic carbocycles. The summed E-state index contributed by atoms with van der Waals surface area (Å²) in [6, 6.07) is 0. The van der Waals surface area contributed by atoms with Gasteiger partial charge in [-0.25, -0.2) is 9.38 Å². The van der Waals surface area contributed by atoms with Gasteiger partial charge >= 0.3 is 0 Å². The molecule has 0 aliphatic heterocycles. The first kappa shape index (κ1) is 11.2. The van der Waals surface area contributed by atoms with Gasteiger partial charge in [0.15, 0.2) is 0 Å². The summed E-state index contributed by atoms with van der Waals surface area (Å²) < 4.78 is 5.45. The smallest absolute Gasteiger partial charge is 0.107 e. The van der Waals surface area contributed by atoms with Crippen molar-refractivity contribution in [3.8, 4) is 0 Å². The van der Waals surface area contributed by atoms with Crippen molar-refractivity contribution in [3.63, 3.8) is 0 Å². The van der Waals surface area contributed by atoms with Crippen LogP contribution in [0.15, 0.2) is 13.7 Å². The Hall–Kier alpha value is 0.130. The van der Waals surface area contributed by atoms with Crippen LogP contribution in [-0.4, -0.2) is 15.9 Å². The lowest BCUT2D eigenvalue weighted by Crippen LogP contribution is -2.04. The molecule has 1 heterocycles. The summed E-state index contributed by atoms with van der Waals surface area (Å²) in [4.78, 5) is 4.14. The summed E-state index contributed by atoms with van der Waals surface area (Å²) in [6.07, 6.45) is 1.79. The molecule has 0 bridgehead atoms. The lowest BCUT2D eigenvalue weighted by atomic mass is 10.3. The summed E-state index contributed by atoms with van der Waals surface area (Å²) >= 11 is 6.52. The van der Waals surface area contributed by atoms with E-state index in [1.54, 1.807) is 35.0 Å². The lowest BCUT2D eigenvalue weighted by molar-refractivity contribution is 0.804. The number of aromatic nitrogens is 1. The van der Waals surface area contributed by atoms with Crippen molar-refractivity contribution in [2.45, 2.75) is 25.5 Å². The molecule has 13 heavy (non-hydrogen) atoms. The predicted octanol–water partition coefficient (Wildman–Crippen LogP) is 3.77. The average molecular weight is 279 g/mol. The molecule has 0 fully saturated rings. The summed E-state index contributed by atoms with van der Waals surface area (Å²) in [7, 11) is 0. The van der Waals surface area contributed by atoms with E-state index in [-0.39, 0.29) is 4.75 Å². The van der Waals surface area contributed by atoms with E-state index in [4.69, 9.17) is 0 Å². The summed E-state index contributed by atoms with van der Waals surface area (Å²) in [5.74, 6) is 0. The highest BCUT2D eigenvalue weighted by atomic mass is 79.9. The Kier molecular flexibility index (Phi) is 3.94. The van der Waals surface area contributed by atoms with Crippen LogP contribution in [0.25, 0.3) is 0 Å². The van der Waals surface area contributed by atoms with Crippen LogP contribution >= 0.6 is 39.2 Å². The first-order valence-corrected chi connectivity index (χ1v) is 6.24. The molecule has 0 unspecified atom stereocenters. The molecule has 0 atom stereocenters. The second-order valence-electron chi connectivity index (χ2n) is 3.45. The Morgan fingerprint density at radius 3 is 2.77 bits per heavy atom. The van der Waals surface area contributed by atoms with E-state index < -0.39 is 0 Å². The molecular formula is C8H11BrN2S2. The van der Waals surface area contributed by atoms with E-state index in [2.05, 4.69) is 46.1 Å². The number of hydrogen-bond acceptors (Lipinski definition) is 4. The quantitative estimate of drug-likeness (QED) is 0.608. The fourth-order valence-corrected chi connectivity index (χ4v) is 1.97. The minimum atomic E-state index is 0.166. The molecule has 1 rings (SSSR count). The maximum atomic E-state index is 4.25. The highest BCUT2D eigenvalue weighted by molar-refractivity contribution is 9.11. The molecule has 2 nitrogen and oxygen atoms in total. The first-order chi connectivity index (χ1) is 5.99.